The van der Waals surface area contributed by atoms with Crippen molar-refractivity contribution in [2.45, 2.75) is 26.2 Å². The topological polar surface area (TPSA) is 38.0 Å². The van der Waals surface area contributed by atoms with Crippen molar-refractivity contribution in [2.24, 2.45) is 11.1 Å². The Balaban J connectivity index is 2.12. The van der Waals surface area contributed by atoms with Gasteiger partial charge in [0.2, 0.25) is 0 Å². The van der Waals surface area contributed by atoms with E-state index in [-0.39, 0.29) is 0 Å². The number of anilines is 1. The minimum absolute atomic E-state index is 0.438. The van der Waals surface area contributed by atoms with Gasteiger partial charge >= 0.3 is 0 Å². The fraction of sp³-hybridized carbons (Fsp3) is 0.462. The summed E-state index contributed by atoms with van der Waals surface area (Å²) >= 11 is 8.51. The molecule has 92 valence electrons. The quantitative estimate of drug-likeness (QED) is 0.833. The summed E-state index contributed by atoms with van der Waals surface area (Å²) in [6, 6.07) is 6.00. The Morgan fingerprint density at radius 3 is 2.76 bits per heavy atom. The minimum atomic E-state index is 0.438. The molecule has 0 radical (unpaired) electrons. The van der Waals surface area contributed by atoms with Crippen LogP contribution in [0.2, 0.25) is 0 Å². The molecule has 0 spiro atoms. The molecular weight excluding hydrogens is 296 g/mol. The summed E-state index contributed by atoms with van der Waals surface area (Å²) in [4.78, 5) is 0.438. The van der Waals surface area contributed by atoms with Crippen molar-refractivity contribution in [3.8, 4) is 0 Å². The molecule has 0 aromatic heterocycles. The second-order valence-corrected chi connectivity index (χ2v) is 6.43. The van der Waals surface area contributed by atoms with Gasteiger partial charge in [-0.15, -0.1) is 0 Å². The SMILES string of the molecule is CC1(CNc2ccc(Br)cc2C(N)=S)CCC1. The largest absolute Gasteiger partial charge is 0.389 e. The Morgan fingerprint density at radius 1 is 1.53 bits per heavy atom. The maximum Gasteiger partial charge on any atom is 0.106 e. The van der Waals surface area contributed by atoms with Gasteiger partial charge in [0.15, 0.2) is 0 Å². The Morgan fingerprint density at radius 2 is 2.24 bits per heavy atom. The van der Waals surface area contributed by atoms with Crippen molar-refractivity contribution < 1.29 is 0 Å². The second kappa shape index (κ2) is 4.94. The van der Waals surface area contributed by atoms with Gasteiger partial charge in [-0.05, 0) is 36.5 Å². The van der Waals surface area contributed by atoms with E-state index in [1.807, 2.05) is 18.2 Å². The van der Waals surface area contributed by atoms with E-state index in [0.717, 1.165) is 22.3 Å². The van der Waals surface area contributed by atoms with Crippen LogP contribution in [0.25, 0.3) is 0 Å². The first-order valence-corrected chi connectivity index (χ1v) is 7.04. The molecule has 2 nitrogen and oxygen atoms in total. The average molecular weight is 313 g/mol. The van der Waals surface area contributed by atoms with Crippen molar-refractivity contribution >= 4 is 38.8 Å². The smallest absolute Gasteiger partial charge is 0.106 e. The number of nitrogens with one attached hydrogen (secondary N) is 1. The summed E-state index contributed by atoms with van der Waals surface area (Å²) in [5.74, 6) is 0. The molecule has 1 aliphatic rings. The molecule has 1 aromatic carbocycles. The molecule has 1 aromatic rings. The van der Waals surface area contributed by atoms with Crippen molar-refractivity contribution in [1.29, 1.82) is 0 Å². The fourth-order valence-corrected chi connectivity index (χ4v) is 2.67. The molecule has 0 bridgehead atoms. The molecule has 4 heteroatoms. The highest BCUT2D eigenvalue weighted by atomic mass is 79.9. The van der Waals surface area contributed by atoms with Gasteiger partial charge in [0.25, 0.3) is 0 Å². The lowest BCUT2D eigenvalue weighted by Crippen LogP contribution is -2.33. The predicted octanol–water partition coefficient (Wildman–Crippen LogP) is 3.69. The highest BCUT2D eigenvalue weighted by molar-refractivity contribution is 9.10. The Bertz CT molecular complexity index is 441. The van der Waals surface area contributed by atoms with Crippen LogP contribution in [0.5, 0.6) is 0 Å². The number of nitrogens with two attached hydrogens (primary N) is 1. The van der Waals surface area contributed by atoms with E-state index in [0.29, 0.717) is 10.4 Å². The summed E-state index contributed by atoms with van der Waals surface area (Å²) in [5, 5.41) is 3.48. The highest BCUT2D eigenvalue weighted by Crippen LogP contribution is 2.40. The molecule has 1 aliphatic carbocycles. The van der Waals surface area contributed by atoms with E-state index in [2.05, 4.69) is 28.2 Å². The lowest BCUT2D eigenvalue weighted by atomic mass is 9.70. The van der Waals surface area contributed by atoms with Crippen molar-refractivity contribution in [2.75, 3.05) is 11.9 Å². The van der Waals surface area contributed by atoms with Crippen LogP contribution in [-0.2, 0) is 0 Å². The summed E-state index contributed by atoms with van der Waals surface area (Å²) in [7, 11) is 0. The predicted molar refractivity (Wildman–Crippen MR) is 80.5 cm³/mol. The number of hydrogen-bond donors (Lipinski definition) is 2. The number of rotatable bonds is 4. The van der Waals surface area contributed by atoms with E-state index < -0.39 is 0 Å². The average Bonchev–Trinajstić information content (AvgIpc) is 2.24. The van der Waals surface area contributed by atoms with Gasteiger partial charge < -0.3 is 11.1 Å². The van der Waals surface area contributed by atoms with Crippen LogP contribution in [0.3, 0.4) is 0 Å². The van der Waals surface area contributed by atoms with Crippen LogP contribution >= 0.6 is 28.1 Å². The van der Waals surface area contributed by atoms with Crippen molar-refractivity contribution in [3.63, 3.8) is 0 Å². The van der Waals surface area contributed by atoms with Crippen LogP contribution in [0.15, 0.2) is 22.7 Å². The second-order valence-electron chi connectivity index (χ2n) is 5.07. The third-order valence-electron chi connectivity index (χ3n) is 3.51. The molecule has 1 fully saturated rings. The number of hydrogen-bond acceptors (Lipinski definition) is 2. The molecular formula is C13H17BrN2S. The third-order valence-corrected chi connectivity index (χ3v) is 4.23. The third kappa shape index (κ3) is 2.99. The first-order valence-electron chi connectivity index (χ1n) is 5.83. The standard InChI is InChI=1S/C13H17BrN2S/c1-13(5-2-6-13)8-16-11-4-3-9(14)7-10(11)12(15)17/h3-4,7,16H,2,5-6,8H2,1H3,(H2,15,17). The normalized spacial score (nSPS) is 17.3. The first-order chi connectivity index (χ1) is 8.00. The van der Waals surface area contributed by atoms with Gasteiger partial charge in [-0.3, -0.25) is 0 Å². The van der Waals surface area contributed by atoms with Crippen molar-refractivity contribution in [1.82, 2.24) is 0 Å². The van der Waals surface area contributed by atoms with Gasteiger partial charge in [0.05, 0.1) is 0 Å². The maximum absolute atomic E-state index is 5.74. The van der Waals surface area contributed by atoms with Gasteiger partial charge in [0, 0.05) is 22.3 Å². The molecule has 17 heavy (non-hydrogen) atoms. The molecule has 0 saturated heterocycles. The molecule has 0 amide bonds. The Kier molecular flexibility index (Phi) is 3.73. The minimum Gasteiger partial charge on any atom is -0.389 e. The summed E-state index contributed by atoms with van der Waals surface area (Å²) in [5.41, 5.74) is 8.13. The van der Waals surface area contributed by atoms with E-state index >= 15 is 0 Å². The van der Waals surface area contributed by atoms with E-state index in [1.54, 1.807) is 0 Å². The van der Waals surface area contributed by atoms with Gasteiger partial charge in [-0.25, -0.2) is 0 Å². The molecule has 2 rings (SSSR count). The molecule has 1 saturated carbocycles. The van der Waals surface area contributed by atoms with E-state index in [9.17, 15) is 0 Å². The molecule has 0 atom stereocenters. The summed E-state index contributed by atoms with van der Waals surface area (Å²) in [6.45, 7) is 3.31. The van der Waals surface area contributed by atoms with Crippen LogP contribution in [-0.4, -0.2) is 11.5 Å². The summed E-state index contributed by atoms with van der Waals surface area (Å²) in [6.07, 6.45) is 3.96. The summed E-state index contributed by atoms with van der Waals surface area (Å²) < 4.78 is 1.00. The number of halogens is 1. The van der Waals surface area contributed by atoms with Crippen LogP contribution in [0.1, 0.15) is 31.7 Å². The zero-order chi connectivity index (χ0) is 12.5. The maximum atomic E-state index is 5.74. The lowest BCUT2D eigenvalue weighted by molar-refractivity contribution is 0.180. The van der Waals surface area contributed by atoms with Crippen LogP contribution < -0.4 is 11.1 Å². The molecule has 3 N–H and O–H groups in total. The fourth-order valence-electron chi connectivity index (χ4n) is 2.14. The molecule has 0 aliphatic heterocycles. The number of benzene rings is 1. The lowest BCUT2D eigenvalue weighted by Gasteiger charge is -2.38. The van der Waals surface area contributed by atoms with Gasteiger partial charge in [-0.2, -0.15) is 0 Å². The van der Waals surface area contributed by atoms with E-state index in [1.165, 1.54) is 19.3 Å². The Hall–Kier alpha value is -0.610. The van der Waals surface area contributed by atoms with E-state index in [4.69, 9.17) is 18.0 Å². The Labute approximate surface area is 116 Å². The zero-order valence-corrected chi connectivity index (χ0v) is 12.3. The molecule has 0 heterocycles. The monoisotopic (exact) mass is 312 g/mol. The zero-order valence-electron chi connectivity index (χ0n) is 9.92. The van der Waals surface area contributed by atoms with Crippen LogP contribution in [0, 0.1) is 5.41 Å². The number of thiocarbonyl (C=S) groups is 1. The van der Waals surface area contributed by atoms with Crippen LogP contribution in [0.4, 0.5) is 5.69 Å². The van der Waals surface area contributed by atoms with Crippen molar-refractivity contribution in [3.05, 3.63) is 28.2 Å². The highest BCUT2D eigenvalue weighted by Gasteiger charge is 2.31. The van der Waals surface area contributed by atoms with Gasteiger partial charge in [-0.1, -0.05) is 41.5 Å². The first kappa shape index (κ1) is 12.8. The molecule has 0 unspecified atom stereocenters. The van der Waals surface area contributed by atoms with Gasteiger partial charge in [0.1, 0.15) is 4.99 Å².